The Labute approximate surface area is 105 Å². The molecule has 0 fully saturated rings. The van der Waals surface area contributed by atoms with Crippen molar-refractivity contribution in [2.45, 2.75) is 0 Å². The molecule has 0 spiro atoms. The van der Waals surface area contributed by atoms with Crippen molar-refractivity contribution >= 4 is 50.6 Å². The Bertz CT molecular complexity index is 514. The maximum atomic E-state index is 11.6. The topological polar surface area (TPSA) is 79.5 Å². The average Bonchev–Trinajstić information content (AvgIpc) is 2.52. The molecule has 0 bridgehead atoms. The number of nitrogens with zero attached hydrogens (tertiary/aromatic N) is 1. The normalized spacial score (nSPS) is 15.8. The van der Waals surface area contributed by atoms with E-state index in [9.17, 15) is 4.79 Å². The summed E-state index contributed by atoms with van der Waals surface area (Å²) in [5.74, 6) is -0.286. The molecule has 1 aromatic rings. The minimum Gasteiger partial charge on any atom is -0.375 e. The summed E-state index contributed by atoms with van der Waals surface area (Å²) in [6.45, 7) is 0. The van der Waals surface area contributed by atoms with Crippen molar-refractivity contribution in [2.24, 2.45) is 10.8 Å². The number of rotatable bonds is 1. The molecule has 5 nitrogen and oxygen atoms in total. The van der Waals surface area contributed by atoms with E-state index in [0.717, 1.165) is 4.47 Å². The Morgan fingerprint density at radius 3 is 3.00 bits per heavy atom. The summed E-state index contributed by atoms with van der Waals surface area (Å²) < 4.78 is 0.784. The van der Waals surface area contributed by atoms with E-state index in [1.807, 2.05) is 12.1 Å². The lowest BCUT2D eigenvalue weighted by molar-refractivity contribution is -0.110. The summed E-state index contributed by atoms with van der Waals surface area (Å²) in [7, 11) is 0. The Morgan fingerprint density at radius 2 is 2.31 bits per heavy atom. The zero-order valence-electron chi connectivity index (χ0n) is 7.95. The number of fused-ring (bicyclic) bond motifs is 1. The van der Waals surface area contributed by atoms with Gasteiger partial charge in [0.15, 0.2) is 10.8 Å². The first-order valence-electron chi connectivity index (χ1n) is 4.33. The number of thiocarbonyl (C=S) groups is 1. The molecule has 7 heteroatoms. The molecule has 0 aliphatic carbocycles. The zero-order valence-corrected chi connectivity index (χ0v) is 10.4. The molecular formula is C9H7BrN4OS. The molecule has 16 heavy (non-hydrogen) atoms. The Morgan fingerprint density at radius 1 is 1.56 bits per heavy atom. The van der Waals surface area contributed by atoms with Crippen molar-refractivity contribution in [3.8, 4) is 0 Å². The highest BCUT2D eigenvalue weighted by Crippen LogP contribution is 2.30. The van der Waals surface area contributed by atoms with Crippen LogP contribution < -0.4 is 16.5 Å². The molecule has 1 aromatic carbocycles. The fourth-order valence-electron chi connectivity index (χ4n) is 1.38. The predicted octanol–water partition coefficient (Wildman–Crippen LogP) is 0.938. The van der Waals surface area contributed by atoms with E-state index >= 15 is 0 Å². The number of carbonyl (C=O) groups is 1. The van der Waals surface area contributed by atoms with Gasteiger partial charge in [0, 0.05) is 10.0 Å². The van der Waals surface area contributed by atoms with Gasteiger partial charge in [0.1, 0.15) is 0 Å². The highest BCUT2D eigenvalue weighted by molar-refractivity contribution is 9.10. The van der Waals surface area contributed by atoms with Crippen molar-refractivity contribution in [2.75, 3.05) is 5.32 Å². The maximum Gasteiger partial charge on any atom is 0.276 e. The van der Waals surface area contributed by atoms with Crippen LogP contribution in [0.15, 0.2) is 27.8 Å². The molecule has 0 radical (unpaired) electrons. The molecule has 1 amide bonds. The van der Waals surface area contributed by atoms with E-state index in [1.165, 1.54) is 0 Å². The van der Waals surface area contributed by atoms with E-state index in [1.54, 1.807) is 6.07 Å². The number of hydrogen-bond acceptors (Lipinski definition) is 3. The van der Waals surface area contributed by atoms with Gasteiger partial charge < -0.3 is 11.1 Å². The first-order valence-corrected chi connectivity index (χ1v) is 5.53. The molecule has 0 saturated carbocycles. The number of halogens is 1. The quantitative estimate of drug-likeness (QED) is 0.532. The monoisotopic (exact) mass is 298 g/mol. The molecule has 0 atom stereocenters. The first-order chi connectivity index (χ1) is 7.59. The van der Waals surface area contributed by atoms with Crippen LogP contribution in [-0.2, 0) is 4.79 Å². The second kappa shape index (κ2) is 4.18. The van der Waals surface area contributed by atoms with Crippen LogP contribution in [0.4, 0.5) is 5.69 Å². The fourth-order valence-corrected chi connectivity index (χ4v) is 1.98. The zero-order chi connectivity index (χ0) is 11.7. The van der Waals surface area contributed by atoms with E-state index in [-0.39, 0.29) is 16.7 Å². The molecule has 4 N–H and O–H groups in total. The van der Waals surface area contributed by atoms with Gasteiger partial charge in [0.25, 0.3) is 5.91 Å². The van der Waals surface area contributed by atoms with Crippen LogP contribution in [0.5, 0.6) is 0 Å². The molecule has 0 saturated heterocycles. The third kappa shape index (κ3) is 1.91. The summed E-state index contributed by atoms with van der Waals surface area (Å²) >= 11 is 7.97. The number of amides is 1. The van der Waals surface area contributed by atoms with Gasteiger partial charge in [-0.15, -0.1) is 0 Å². The van der Waals surface area contributed by atoms with Crippen molar-refractivity contribution in [1.82, 2.24) is 5.43 Å². The number of hydrogen-bond donors (Lipinski definition) is 3. The van der Waals surface area contributed by atoms with Crippen LogP contribution in [-0.4, -0.2) is 16.7 Å². The molecular weight excluding hydrogens is 292 g/mol. The van der Waals surface area contributed by atoms with E-state index in [0.29, 0.717) is 11.3 Å². The van der Waals surface area contributed by atoms with Crippen LogP contribution in [0.3, 0.4) is 0 Å². The van der Waals surface area contributed by atoms with Gasteiger partial charge in [-0.25, -0.2) is 0 Å². The number of benzene rings is 1. The standard InChI is InChI=1S/C9H7BrN4OS/c10-4-2-1-3-5-6(4)7(8(15)12-5)13-14-9(11)16/h1-3H,(H3,11,14,16)(H,12,13,15). The summed E-state index contributed by atoms with van der Waals surface area (Å²) in [5.41, 5.74) is 9.32. The first kappa shape index (κ1) is 11.0. The van der Waals surface area contributed by atoms with Crippen molar-refractivity contribution in [1.29, 1.82) is 0 Å². The summed E-state index contributed by atoms with van der Waals surface area (Å²) in [6, 6.07) is 5.45. The molecule has 0 aromatic heterocycles. The van der Waals surface area contributed by atoms with Gasteiger partial charge in [-0.1, -0.05) is 22.0 Å². The van der Waals surface area contributed by atoms with Crippen molar-refractivity contribution in [3.05, 3.63) is 28.2 Å². The smallest absolute Gasteiger partial charge is 0.276 e. The second-order valence-electron chi connectivity index (χ2n) is 3.05. The summed E-state index contributed by atoms with van der Waals surface area (Å²) in [4.78, 5) is 11.6. The van der Waals surface area contributed by atoms with Gasteiger partial charge >= 0.3 is 0 Å². The highest BCUT2D eigenvalue weighted by Gasteiger charge is 2.28. The van der Waals surface area contributed by atoms with Crippen LogP contribution >= 0.6 is 28.1 Å². The van der Waals surface area contributed by atoms with Gasteiger partial charge in [0.2, 0.25) is 0 Å². The van der Waals surface area contributed by atoms with Gasteiger partial charge in [-0.3, -0.25) is 10.2 Å². The Kier molecular flexibility index (Phi) is 2.88. The molecule has 1 aliphatic rings. The van der Waals surface area contributed by atoms with Crippen LogP contribution in [0.2, 0.25) is 0 Å². The van der Waals surface area contributed by atoms with Crippen LogP contribution in [0.1, 0.15) is 5.56 Å². The number of hydrazone groups is 1. The molecule has 0 unspecified atom stereocenters. The largest absolute Gasteiger partial charge is 0.375 e. The van der Waals surface area contributed by atoms with Gasteiger partial charge in [0.05, 0.1) is 5.69 Å². The summed E-state index contributed by atoms with van der Waals surface area (Å²) in [5, 5.41) is 6.57. The minimum absolute atomic E-state index is 0.0146. The molecule has 1 aliphatic heterocycles. The van der Waals surface area contributed by atoms with E-state index in [2.05, 4.69) is 44.0 Å². The third-order valence-corrected chi connectivity index (χ3v) is 2.74. The highest BCUT2D eigenvalue weighted by atomic mass is 79.9. The average molecular weight is 299 g/mol. The lowest BCUT2D eigenvalue weighted by Crippen LogP contribution is -2.27. The lowest BCUT2D eigenvalue weighted by atomic mass is 10.1. The number of nitrogens with one attached hydrogen (secondary N) is 2. The molecule has 1 heterocycles. The number of carbonyl (C=O) groups excluding carboxylic acids is 1. The number of anilines is 1. The second-order valence-corrected chi connectivity index (χ2v) is 4.35. The number of nitrogens with two attached hydrogens (primary N) is 1. The molecule has 2 rings (SSSR count). The van der Waals surface area contributed by atoms with Crippen LogP contribution in [0, 0.1) is 0 Å². The van der Waals surface area contributed by atoms with E-state index in [4.69, 9.17) is 5.73 Å². The SMILES string of the molecule is NC(=S)N/N=C1\C(=O)Nc2cccc(Br)c21. The third-order valence-electron chi connectivity index (χ3n) is 1.99. The predicted molar refractivity (Wildman–Crippen MR) is 69.2 cm³/mol. The van der Waals surface area contributed by atoms with Gasteiger partial charge in [-0.05, 0) is 24.4 Å². The van der Waals surface area contributed by atoms with Crippen molar-refractivity contribution in [3.63, 3.8) is 0 Å². The van der Waals surface area contributed by atoms with Crippen LogP contribution in [0.25, 0.3) is 0 Å². The Hall–Kier alpha value is -1.47. The Balaban J connectivity index is 2.46. The molecule has 82 valence electrons. The summed E-state index contributed by atoms with van der Waals surface area (Å²) in [6.07, 6.45) is 0. The maximum absolute atomic E-state index is 11.6. The van der Waals surface area contributed by atoms with Gasteiger partial charge in [-0.2, -0.15) is 5.10 Å². The fraction of sp³-hybridized carbons (Fsp3) is 0. The van der Waals surface area contributed by atoms with E-state index < -0.39 is 0 Å². The minimum atomic E-state index is -0.286. The van der Waals surface area contributed by atoms with Crippen molar-refractivity contribution < 1.29 is 4.79 Å². The lowest BCUT2D eigenvalue weighted by Gasteiger charge is -2.00.